The molecule has 2 aromatic carbocycles. The van der Waals surface area contributed by atoms with Gasteiger partial charge in [0.2, 0.25) is 5.88 Å². The molecular weight excluding hydrogens is 358 g/mol. The molecule has 0 fully saturated rings. The molecule has 1 aliphatic rings. The predicted octanol–water partition coefficient (Wildman–Crippen LogP) is 5.57. The fraction of sp³-hybridized carbons (Fsp3) is 0.200. The molecule has 0 aliphatic heterocycles. The number of H-pyrrole nitrogens is 1. The summed E-state index contributed by atoms with van der Waals surface area (Å²) in [6.45, 7) is 4.51. The van der Waals surface area contributed by atoms with Crippen LogP contribution in [0, 0.1) is 18.3 Å². The van der Waals surface area contributed by atoms with Crippen LogP contribution in [0.1, 0.15) is 29.2 Å². The molecule has 4 nitrogen and oxygen atoms in total. The highest BCUT2D eigenvalue weighted by Gasteiger charge is 2.29. The van der Waals surface area contributed by atoms with Gasteiger partial charge in [-0.25, -0.2) is 4.98 Å². The highest BCUT2D eigenvalue weighted by molar-refractivity contribution is 5.95. The van der Waals surface area contributed by atoms with Gasteiger partial charge in [-0.1, -0.05) is 48.5 Å². The maximum Gasteiger partial charge on any atom is 0.232 e. The lowest BCUT2D eigenvalue weighted by Gasteiger charge is -2.22. The number of aromatic nitrogens is 2. The third-order valence-corrected chi connectivity index (χ3v) is 5.73. The topological polar surface area (TPSA) is 61.7 Å². The van der Waals surface area contributed by atoms with Crippen LogP contribution in [0.5, 0.6) is 5.88 Å². The molecule has 0 unspecified atom stereocenters. The van der Waals surface area contributed by atoms with Crippen molar-refractivity contribution in [2.75, 3.05) is 6.61 Å². The number of nitrogens with one attached hydrogen (secondary N) is 1. The van der Waals surface area contributed by atoms with Crippen molar-refractivity contribution < 1.29 is 4.74 Å². The SMILES string of the molecule is CCOc1nc2c(c(-c3ccccc3)c1C#N)CCc1c-2[nH]c2c(C)cccc12. The minimum atomic E-state index is 0.413. The van der Waals surface area contributed by atoms with Gasteiger partial charge in [0.15, 0.2) is 0 Å². The molecule has 5 rings (SSSR count). The Hall–Kier alpha value is -3.58. The van der Waals surface area contributed by atoms with Gasteiger partial charge >= 0.3 is 0 Å². The van der Waals surface area contributed by atoms with Gasteiger partial charge in [0, 0.05) is 16.5 Å². The largest absolute Gasteiger partial charge is 0.477 e. The zero-order chi connectivity index (χ0) is 20.0. The van der Waals surface area contributed by atoms with Crippen molar-refractivity contribution in [1.82, 2.24) is 9.97 Å². The molecule has 29 heavy (non-hydrogen) atoms. The molecule has 2 heterocycles. The Kier molecular flexibility index (Phi) is 4.10. The fourth-order valence-corrected chi connectivity index (χ4v) is 4.45. The van der Waals surface area contributed by atoms with E-state index in [-0.39, 0.29) is 0 Å². The average molecular weight is 379 g/mol. The zero-order valence-electron chi connectivity index (χ0n) is 16.5. The fourth-order valence-electron chi connectivity index (χ4n) is 4.45. The van der Waals surface area contributed by atoms with Crippen LogP contribution in [0.25, 0.3) is 33.4 Å². The number of aryl methyl sites for hydroxylation is 2. The summed E-state index contributed by atoms with van der Waals surface area (Å²) >= 11 is 0. The number of nitriles is 1. The second kappa shape index (κ2) is 6.79. The smallest absolute Gasteiger partial charge is 0.232 e. The van der Waals surface area contributed by atoms with Gasteiger partial charge in [0.1, 0.15) is 11.6 Å². The van der Waals surface area contributed by atoms with Crippen LogP contribution < -0.4 is 4.74 Å². The number of benzene rings is 2. The molecule has 142 valence electrons. The van der Waals surface area contributed by atoms with Crippen molar-refractivity contribution in [3.63, 3.8) is 0 Å². The van der Waals surface area contributed by atoms with E-state index in [9.17, 15) is 5.26 Å². The molecule has 0 saturated carbocycles. The van der Waals surface area contributed by atoms with Gasteiger partial charge in [-0.3, -0.25) is 0 Å². The van der Waals surface area contributed by atoms with Crippen molar-refractivity contribution in [2.24, 2.45) is 0 Å². The molecule has 1 aliphatic carbocycles. The lowest BCUT2D eigenvalue weighted by atomic mass is 9.85. The standard InChI is InChI=1S/C25H21N3O/c1-3-29-25-20(14-26)21(16-9-5-4-6-10-16)19-13-12-18-17-11-7-8-15(2)22(17)27-23(18)24(19)28-25/h4-11,27H,3,12-13H2,1-2H3. The van der Waals surface area contributed by atoms with E-state index in [0.717, 1.165) is 46.4 Å². The highest BCUT2D eigenvalue weighted by Crippen LogP contribution is 2.44. The van der Waals surface area contributed by atoms with Gasteiger partial charge < -0.3 is 9.72 Å². The van der Waals surface area contributed by atoms with Crippen molar-refractivity contribution in [1.29, 1.82) is 5.26 Å². The van der Waals surface area contributed by atoms with Crippen LogP contribution >= 0.6 is 0 Å². The van der Waals surface area contributed by atoms with E-state index in [0.29, 0.717) is 18.1 Å². The first-order valence-corrected chi connectivity index (χ1v) is 9.98. The molecule has 2 aromatic heterocycles. The van der Waals surface area contributed by atoms with E-state index < -0.39 is 0 Å². The maximum absolute atomic E-state index is 9.96. The summed E-state index contributed by atoms with van der Waals surface area (Å²) < 4.78 is 5.82. The number of para-hydroxylation sites is 1. The molecule has 0 radical (unpaired) electrons. The first kappa shape index (κ1) is 17.5. The Labute approximate surface area is 169 Å². The molecule has 0 amide bonds. The first-order valence-electron chi connectivity index (χ1n) is 9.98. The van der Waals surface area contributed by atoms with Gasteiger partial charge in [-0.2, -0.15) is 5.26 Å². The molecule has 0 atom stereocenters. The summed E-state index contributed by atoms with van der Waals surface area (Å²) in [7, 11) is 0. The van der Waals surface area contributed by atoms with E-state index in [1.165, 1.54) is 16.5 Å². The Morgan fingerprint density at radius 2 is 1.86 bits per heavy atom. The van der Waals surface area contributed by atoms with E-state index in [1.807, 2.05) is 25.1 Å². The quantitative estimate of drug-likeness (QED) is 0.506. The van der Waals surface area contributed by atoms with Crippen LogP contribution in [0.15, 0.2) is 48.5 Å². The minimum absolute atomic E-state index is 0.413. The molecule has 1 N–H and O–H groups in total. The lowest BCUT2D eigenvalue weighted by molar-refractivity contribution is 0.326. The summed E-state index contributed by atoms with van der Waals surface area (Å²) in [5.41, 5.74) is 9.26. The number of nitrogens with zero attached hydrogens (tertiary/aromatic N) is 2. The second-order valence-electron chi connectivity index (χ2n) is 7.38. The number of rotatable bonds is 3. The second-order valence-corrected chi connectivity index (χ2v) is 7.38. The van der Waals surface area contributed by atoms with Gasteiger partial charge in [0.25, 0.3) is 0 Å². The van der Waals surface area contributed by atoms with Crippen molar-refractivity contribution in [3.05, 3.63) is 70.8 Å². The number of aromatic amines is 1. The maximum atomic E-state index is 9.96. The van der Waals surface area contributed by atoms with E-state index in [1.54, 1.807) is 0 Å². The molecule has 4 aromatic rings. The number of hydrogen-bond donors (Lipinski definition) is 1. The number of ether oxygens (including phenoxy) is 1. The van der Waals surface area contributed by atoms with Crippen LogP contribution in [-0.2, 0) is 12.8 Å². The third-order valence-electron chi connectivity index (χ3n) is 5.73. The summed E-state index contributed by atoms with van der Waals surface area (Å²) in [5.74, 6) is 0.413. The summed E-state index contributed by atoms with van der Waals surface area (Å²) in [6.07, 6.45) is 1.77. The average Bonchev–Trinajstić information content (AvgIpc) is 3.14. The van der Waals surface area contributed by atoms with Crippen molar-refractivity contribution in [3.8, 4) is 34.5 Å². The van der Waals surface area contributed by atoms with Crippen LogP contribution in [0.4, 0.5) is 0 Å². The van der Waals surface area contributed by atoms with E-state index in [4.69, 9.17) is 9.72 Å². The predicted molar refractivity (Wildman–Crippen MR) is 115 cm³/mol. The monoisotopic (exact) mass is 379 g/mol. The van der Waals surface area contributed by atoms with Crippen molar-refractivity contribution in [2.45, 2.75) is 26.7 Å². The molecule has 0 bridgehead atoms. The van der Waals surface area contributed by atoms with Crippen LogP contribution in [0.3, 0.4) is 0 Å². The Morgan fingerprint density at radius 1 is 1.07 bits per heavy atom. The lowest BCUT2D eigenvalue weighted by Crippen LogP contribution is -2.11. The summed E-state index contributed by atoms with van der Waals surface area (Å²) in [4.78, 5) is 8.48. The molecule has 0 saturated heterocycles. The van der Waals surface area contributed by atoms with Crippen LogP contribution in [0.2, 0.25) is 0 Å². The summed E-state index contributed by atoms with van der Waals surface area (Å²) in [6, 6.07) is 18.9. The highest BCUT2D eigenvalue weighted by atomic mass is 16.5. The Bertz CT molecular complexity index is 1280. The zero-order valence-corrected chi connectivity index (χ0v) is 16.5. The Morgan fingerprint density at radius 3 is 2.62 bits per heavy atom. The third kappa shape index (κ3) is 2.62. The molecular formula is C25H21N3O. The molecule has 0 spiro atoms. The normalized spacial score (nSPS) is 12.3. The van der Waals surface area contributed by atoms with E-state index >= 15 is 0 Å². The van der Waals surface area contributed by atoms with Gasteiger partial charge in [0.05, 0.1) is 18.0 Å². The number of hydrogen-bond acceptors (Lipinski definition) is 3. The number of fused-ring (bicyclic) bond motifs is 5. The minimum Gasteiger partial charge on any atom is -0.477 e. The number of pyridine rings is 1. The van der Waals surface area contributed by atoms with Crippen LogP contribution in [-0.4, -0.2) is 16.6 Å². The van der Waals surface area contributed by atoms with Gasteiger partial charge in [-0.05, 0) is 48.9 Å². The Balaban J connectivity index is 1.87. The van der Waals surface area contributed by atoms with Gasteiger partial charge in [-0.15, -0.1) is 0 Å². The first-order chi connectivity index (χ1) is 14.2. The van der Waals surface area contributed by atoms with Crippen molar-refractivity contribution >= 4 is 10.9 Å². The van der Waals surface area contributed by atoms with E-state index in [2.05, 4.69) is 48.3 Å². The molecule has 4 heteroatoms. The summed E-state index contributed by atoms with van der Waals surface area (Å²) in [5, 5.41) is 11.2.